The number of aromatic amines is 1. The van der Waals surface area contributed by atoms with Gasteiger partial charge in [0, 0.05) is 16.8 Å². The Balaban J connectivity index is 2.04. The number of nitrogens with one attached hydrogen (secondary N) is 2. The van der Waals surface area contributed by atoms with Crippen molar-refractivity contribution in [2.75, 3.05) is 5.32 Å². The van der Waals surface area contributed by atoms with Gasteiger partial charge in [0.2, 0.25) is 0 Å². The van der Waals surface area contributed by atoms with Crippen molar-refractivity contribution in [2.24, 2.45) is 0 Å². The van der Waals surface area contributed by atoms with Gasteiger partial charge >= 0.3 is 0 Å². The van der Waals surface area contributed by atoms with Crippen LogP contribution in [0.2, 0.25) is 0 Å². The van der Waals surface area contributed by atoms with Crippen molar-refractivity contribution in [2.45, 2.75) is 40.0 Å². The van der Waals surface area contributed by atoms with E-state index in [-0.39, 0.29) is 5.91 Å². The van der Waals surface area contributed by atoms with Gasteiger partial charge < -0.3 is 5.32 Å². The third-order valence-corrected chi connectivity index (χ3v) is 3.52. The average Bonchev–Trinajstić information content (AvgIpc) is 2.77. The molecule has 0 aliphatic rings. The fourth-order valence-corrected chi connectivity index (χ4v) is 1.99. The first kappa shape index (κ1) is 14.3. The number of H-pyrrole nitrogens is 1. The fourth-order valence-electron chi connectivity index (χ4n) is 1.99. The predicted octanol–water partition coefficient (Wildman–Crippen LogP) is 3.62. The molecule has 1 amide bonds. The fraction of sp³-hybridized carbons (Fsp3) is 0.375. The maximum Gasteiger partial charge on any atom is 0.256 e. The van der Waals surface area contributed by atoms with Crippen LogP contribution in [0, 0.1) is 13.8 Å². The van der Waals surface area contributed by atoms with Gasteiger partial charge in [0.25, 0.3) is 5.91 Å². The molecule has 2 aromatic rings. The van der Waals surface area contributed by atoms with Crippen molar-refractivity contribution < 1.29 is 4.79 Å². The Morgan fingerprint density at radius 2 is 1.95 bits per heavy atom. The van der Waals surface area contributed by atoms with Crippen molar-refractivity contribution in [1.82, 2.24) is 10.2 Å². The number of nitrogens with zero attached hydrogens (tertiary/aromatic N) is 1. The van der Waals surface area contributed by atoms with E-state index < -0.39 is 0 Å². The summed E-state index contributed by atoms with van der Waals surface area (Å²) in [6.07, 6.45) is 3.42. The average molecular weight is 271 g/mol. The highest BCUT2D eigenvalue weighted by molar-refractivity contribution is 6.04. The molecule has 0 radical (unpaired) electrons. The molecule has 20 heavy (non-hydrogen) atoms. The molecular formula is C16H21N3O. The number of aryl methyl sites for hydroxylation is 2. The van der Waals surface area contributed by atoms with E-state index in [2.05, 4.69) is 22.4 Å². The Labute approximate surface area is 119 Å². The van der Waals surface area contributed by atoms with Gasteiger partial charge in [-0.15, -0.1) is 0 Å². The molecule has 0 aliphatic carbocycles. The lowest BCUT2D eigenvalue weighted by atomic mass is 10.1. The van der Waals surface area contributed by atoms with Crippen LogP contribution in [-0.4, -0.2) is 16.1 Å². The summed E-state index contributed by atoms with van der Waals surface area (Å²) >= 11 is 0. The molecule has 2 rings (SSSR count). The summed E-state index contributed by atoms with van der Waals surface area (Å²) in [4.78, 5) is 12.1. The molecule has 0 aliphatic heterocycles. The number of carbonyl (C=O) groups is 1. The summed E-state index contributed by atoms with van der Waals surface area (Å²) in [5, 5.41) is 9.77. The zero-order valence-corrected chi connectivity index (χ0v) is 12.3. The number of rotatable bonds is 5. The summed E-state index contributed by atoms with van der Waals surface area (Å²) in [5.41, 5.74) is 3.87. The van der Waals surface area contributed by atoms with E-state index >= 15 is 0 Å². The lowest BCUT2D eigenvalue weighted by molar-refractivity contribution is 0.102. The van der Waals surface area contributed by atoms with Crippen LogP contribution in [0.15, 0.2) is 24.3 Å². The molecule has 4 heteroatoms. The molecule has 1 aromatic heterocycles. The SMILES string of the molecule is CCCCc1ccc(C(=O)Nc2n[nH]c(C)c2C)cc1. The molecule has 106 valence electrons. The Morgan fingerprint density at radius 1 is 1.25 bits per heavy atom. The van der Waals surface area contributed by atoms with Crippen LogP contribution < -0.4 is 5.32 Å². The molecular weight excluding hydrogens is 250 g/mol. The highest BCUT2D eigenvalue weighted by Gasteiger charge is 2.11. The molecule has 0 fully saturated rings. The van der Waals surface area contributed by atoms with Gasteiger partial charge in [-0.3, -0.25) is 9.89 Å². The molecule has 4 nitrogen and oxygen atoms in total. The van der Waals surface area contributed by atoms with Gasteiger partial charge in [-0.1, -0.05) is 25.5 Å². The van der Waals surface area contributed by atoms with E-state index in [4.69, 9.17) is 0 Å². The minimum atomic E-state index is -0.123. The Morgan fingerprint density at radius 3 is 2.50 bits per heavy atom. The van der Waals surface area contributed by atoms with Crippen LogP contribution >= 0.6 is 0 Å². The summed E-state index contributed by atoms with van der Waals surface area (Å²) in [7, 11) is 0. The van der Waals surface area contributed by atoms with Crippen LogP contribution in [0.4, 0.5) is 5.82 Å². The van der Waals surface area contributed by atoms with Gasteiger partial charge in [0.1, 0.15) is 0 Å². The number of unbranched alkanes of at least 4 members (excludes halogenated alkanes) is 1. The highest BCUT2D eigenvalue weighted by Crippen LogP contribution is 2.15. The van der Waals surface area contributed by atoms with E-state index in [9.17, 15) is 4.79 Å². The second-order valence-corrected chi connectivity index (χ2v) is 5.08. The zero-order chi connectivity index (χ0) is 14.5. The van der Waals surface area contributed by atoms with E-state index in [1.165, 1.54) is 18.4 Å². The van der Waals surface area contributed by atoms with E-state index in [0.717, 1.165) is 17.7 Å². The molecule has 0 bridgehead atoms. The predicted molar refractivity (Wildman–Crippen MR) is 81.1 cm³/mol. The second kappa shape index (κ2) is 6.37. The van der Waals surface area contributed by atoms with Crippen molar-refractivity contribution in [1.29, 1.82) is 0 Å². The highest BCUT2D eigenvalue weighted by atomic mass is 16.1. The quantitative estimate of drug-likeness (QED) is 0.872. The number of anilines is 1. The van der Waals surface area contributed by atoms with Crippen molar-refractivity contribution >= 4 is 11.7 Å². The summed E-state index contributed by atoms with van der Waals surface area (Å²) in [6.45, 7) is 6.04. The van der Waals surface area contributed by atoms with Crippen LogP contribution in [0.1, 0.15) is 46.9 Å². The Bertz CT molecular complexity index is 584. The van der Waals surface area contributed by atoms with Crippen LogP contribution in [0.5, 0.6) is 0 Å². The molecule has 0 saturated carbocycles. The molecule has 2 N–H and O–H groups in total. The normalized spacial score (nSPS) is 10.6. The topological polar surface area (TPSA) is 57.8 Å². The molecule has 1 heterocycles. The first-order valence-electron chi connectivity index (χ1n) is 7.03. The van der Waals surface area contributed by atoms with E-state index in [1.54, 1.807) is 0 Å². The van der Waals surface area contributed by atoms with Crippen molar-refractivity contribution in [3.8, 4) is 0 Å². The minimum Gasteiger partial charge on any atom is -0.305 e. The summed E-state index contributed by atoms with van der Waals surface area (Å²) in [5.74, 6) is 0.476. The molecule has 1 aromatic carbocycles. The third-order valence-electron chi connectivity index (χ3n) is 3.52. The Hall–Kier alpha value is -2.10. The third kappa shape index (κ3) is 3.26. The van der Waals surface area contributed by atoms with E-state index in [1.807, 2.05) is 38.1 Å². The molecule has 0 unspecified atom stereocenters. The molecule has 0 atom stereocenters. The number of amides is 1. The number of hydrogen-bond donors (Lipinski definition) is 2. The van der Waals surface area contributed by atoms with Crippen molar-refractivity contribution in [3.05, 3.63) is 46.6 Å². The largest absolute Gasteiger partial charge is 0.305 e. The number of carbonyl (C=O) groups excluding carboxylic acids is 1. The van der Waals surface area contributed by atoms with Crippen LogP contribution in [-0.2, 0) is 6.42 Å². The lowest BCUT2D eigenvalue weighted by Gasteiger charge is -2.05. The van der Waals surface area contributed by atoms with Gasteiger partial charge in [-0.25, -0.2) is 0 Å². The summed E-state index contributed by atoms with van der Waals surface area (Å²) in [6, 6.07) is 7.78. The van der Waals surface area contributed by atoms with Gasteiger partial charge in [-0.2, -0.15) is 5.10 Å². The molecule has 0 spiro atoms. The first-order chi connectivity index (χ1) is 9.61. The van der Waals surface area contributed by atoms with Gasteiger partial charge in [-0.05, 0) is 44.4 Å². The maximum absolute atomic E-state index is 12.1. The number of hydrogen-bond acceptors (Lipinski definition) is 2. The lowest BCUT2D eigenvalue weighted by Crippen LogP contribution is -2.13. The van der Waals surface area contributed by atoms with Gasteiger partial charge in [0.05, 0.1) is 0 Å². The van der Waals surface area contributed by atoms with Crippen LogP contribution in [0.25, 0.3) is 0 Å². The molecule has 0 saturated heterocycles. The van der Waals surface area contributed by atoms with E-state index in [0.29, 0.717) is 11.4 Å². The zero-order valence-electron chi connectivity index (χ0n) is 12.3. The smallest absolute Gasteiger partial charge is 0.256 e. The second-order valence-electron chi connectivity index (χ2n) is 5.08. The van der Waals surface area contributed by atoms with Crippen LogP contribution in [0.3, 0.4) is 0 Å². The standard InChI is InChI=1S/C16H21N3O/c1-4-5-6-13-7-9-14(10-8-13)16(20)17-15-11(2)12(3)18-19-15/h7-10H,4-6H2,1-3H3,(H2,17,18,19,20). The monoisotopic (exact) mass is 271 g/mol. The summed E-state index contributed by atoms with van der Waals surface area (Å²) < 4.78 is 0. The number of aromatic nitrogens is 2. The minimum absolute atomic E-state index is 0.123. The van der Waals surface area contributed by atoms with Gasteiger partial charge in [0.15, 0.2) is 5.82 Å². The maximum atomic E-state index is 12.1. The first-order valence-corrected chi connectivity index (χ1v) is 7.03. The Kier molecular flexibility index (Phi) is 4.56. The number of benzene rings is 1. The van der Waals surface area contributed by atoms with Crippen molar-refractivity contribution in [3.63, 3.8) is 0 Å².